The molecule has 0 bridgehead atoms. The number of para-hydroxylation sites is 3. The molecule has 3 aliphatic rings. The molecule has 7 heterocycles. The second kappa shape index (κ2) is 98.5. The van der Waals surface area contributed by atoms with Crippen molar-refractivity contribution in [1.82, 2.24) is 65.4 Å². The highest BCUT2D eigenvalue weighted by molar-refractivity contribution is 6.21. The third-order valence-electron chi connectivity index (χ3n) is 8.69. The van der Waals surface area contributed by atoms with E-state index in [-0.39, 0.29) is 17.9 Å². The van der Waals surface area contributed by atoms with Gasteiger partial charge in [-0.2, -0.15) is 20.4 Å². The van der Waals surface area contributed by atoms with Crippen LogP contribution in [-0.4, -0.2) is 90.1 Å². The SMILES string of the molecule is C1CCCCC1.CC.CC.CC.CC.CC.CC.CC.CC.CC(C)C.CC(C)C.CC(C)C.CC(C)C.CC(C)C.CC(C)C.CC(C)N1C(=O)c2ccccc2C1=O.CC(C)n1nnc2ccccc21.c1c[nH]cn1.c1ccc2c(c1)OCO2.c1ccnnc1.c1cn[nH]c1.c1cnncn1. The molecule has 5 aromatic heterocycles. The minimum Gasteiger partial charge on any atom is -0.454 e. The van der Waals surface area contributed by atoms with Crippen molar-refractivity contribution in [3.05, 3.63) is 164 Å². The van der Waals surface area contributed by atoms with Gasteiger partial charge in [0, 0.05) is 55.5 Å². The molecule has 1 aliphatic carbocycles. The molecule has 0 spiro atoms. The maximum atomic E-state index is 11.8. The van der Waals surface area contributed by atoms with E-state index in [0.29, 0.717) is 24.0 Å². The number of carbonyl (C=O) groups excluding carboxylic acids is 2. The Morgan fingerprint density at radius 2 is 0.728 bits per heavy atom. The molecule has 3 aromatic carbocycles. The number of amides is 2. The van der Waals surface area contributed by atoms with Crippen LogP contribution in [0.2, 0.25) is 0 Å². The van der Waals surface area contributed by atoms with Crippen molar-refractivity contribution in [2.75, 3.05) is 6.79 Å². The molecule has 0 unspecified atom stereocenters. The van der Waals surface area contributed by atoms with Crippen molar-refractivity contribution in [3.8, 4) is 11.5 Å². The summed E-state index contributed by atoms with van der Waals surface area (Å²) >= 11 is 0. The zero-order valence-electron chi connectivity index (χ0n) is 73.6. The molecule has 1 fully saturated rings. The van der Waals surface area contributed by atoms with E-state index in [0.717, 1.165) is 58.0 Å². The molecule has 0 saturated heterocycles. The van der Waals surface area contributed by atoms with Crippen LogP contribution in [0.5, 0.6) is 11.5 Å². The smallest absolute Gasteiger partial charge is 0.261 e. The number of nitrogens with one attached hydrogen (secondary N) is 2. The molecule has 2 N–H and O–H groups in total. The van der Waals surface area contributed by atoms with Gasteiger partial charge in [0.25, 0.3) is 11.8 Å². The number of carbonyl (C=O) groups is 2. The van der Waals surface area contributed by atoms with Crippen molar-refractivity contribution in [1.29, 1.82) is 0 Å². The maximum Gasteiger partial charge on any atom is 0.261 e. The van der Waals surface area contributed by atoms with Crippen LogP contribution in [0, 0.1) is 35.5 Å². The molecule has 8 aromatic rings. The number of benzene rings is 3. The molecule has 17 heteroatoms. The third-order valence-corrected chi connectivity index (χ3v) is 8.69. The van der Waals surface area contributed by atoms with E-state index < -0.39 is 0 Å². The fourth-order valence-corrected chi connectivity index (χ4v) is 5.74. The number of fused-ring (bicyclic) bond motifs is 3. The van der Waals surface area contributed by atoms with Gasteiger partial charge in [0.05, 0.1) is 29.2 Å². The molecule has 2 amide bonds. The molecule has 0 atom stereocenters. The molecular weight excluding hydrogens is 1280 g/mol. The molecule has 2 aliphatic heterocycles. The lowest BCUT2D eigenvalue weighted by atomic mass is 10.0. The lowest BCUT2D eigenvalue weighted by molar-refractivity contribution is 0.0608. The van der Waals surface area contributed by atoms with Crippen molar-refractivity contribution >= 4 is 22.8 Å². The minimum atomic E-state index is -0.180. The molecular formula is C86H163N13O4. The maximum absolute atomic E-state index is 11.8. The quantitative estimate of drug-likeness (QED) is 0.155. The minimum absolute atomic E-state index is 0.0811. The van der Waals surface area contributed by atoms with Crippen LogP contribution in [0.15, 0.2) is 153 Å². The lowest BCUT2D eigenvalue weighted by Crippen LogP contribution is -2.35. The molecule has 103 heavy (non-hydrogen) atoms. The number of aromatic amines is 2. The predicted molar refractivity (Wildman–Crippen MR) is 453 cm³/mol. The van der Waals surface area contributed by atoms with Crippen LogP contribution >= 0.6 is 0 Å². The number of imidazole rings is 1. The predicted octanol–water partition coefficient (Wildman–Crippen LogP) is 26.8. The highest BCUT2D eigenvalue weighted by Gasteiger charge is 2.36. The van der Waals surface area contributed by atoms with Gasteiger partial charge in [-0.3, -0.25) is 19.6 Å². The normalized spacial score (nSPS) is 10.3. The summed E-state index contributed by atoms with van der Waals surface area (Å²) in [5.41, 5.74) is 3.11. The van der Waals surface area contributed by atoms with Crippen molar-refractivity contribution in [2.45, 2.75) is 314 Å². The van der Waals surface area contributed by atoms with Crippen LogP contribution in [0.25, 0.3) is 11.0 Å². The molecule has 1 saturated carbocycles. The van der Waals surface area contributed by atoms with Crippen LogP contribution in [-0.2, 0) is 0 Å². The van der Waals surface area contributed by atoms with Crippen molar-refractivity contribution < 1.29 is 19.1 Å². The summed E-state index contributed by atoms with van der Waals surface area (Å²) in [6, 6.07) is 28.3. The lowest BCUT2D eigenvalue weighted by Gasteiger charge is -2.17. The van der Waals surface area contributed by atoms with Crippen LogP contribution in [0.3, 0.4) is 0 Å². The van der Waals surface area contributed by atoms with E-state index >= 15 is 0 Å². The van der Waals surface area contributed by atoms with Gasteiger partial charge in [0.1, 0.15) is 11.8 Å². The fraction of sp³-hybridized carbons (Fsp3) is 0.616. The highest BCUT2D eigenvalue weighted by Crippen LogP contribution is 2.30. The van der Waals surface area contributed by atoms with E-state index in [1.54, 1.807) is 74.0 Å². The molecule has 0 radical (unpaired) electrons. The first kappa shape index (κ1) is 119. The summed E-state index contributed by atoms with van der Waals surface area (Å²) in [4.78, 5) is 34.8. The van der Waals surface area contributed by atoms with Crippen molar-refractivity contribution in [2.24, 2.45) is 35.5 Å². The second-order valence-electron chi connectivity index (χ2n) is 24.3. The van der Waals surface area contributed by atoms with Gasteiger partial charge >= 0.3 is 0 Å². The first-order valence-electron chi connectivity index (χ1n) is 39.0. The topological polar surface area (TPSA) is 208 Å². The van der Waals surface area contributed by atoms with E-state index in [4.69, 9.17) is 9.47 Å². The first-order chi connectivity index (χ1) is 49.3. The average Bonchev–Trinajstić information content (AvgIpc) is 1.64. The van der Waals surface area contributed by atoms with E-state index in [9.17, 15) is 9.59 Å². The number of rotatable bonds is 2. The summed E-state index contributed by atoms with van der Waals surface area (Å²) in [7, 11) is 0. The number of nitrogens with zero attached hydrogens (tertiary/aromatic N) is 11. The standard InChI is InChI=1S/C11H11NO2.C9H11N3.C7H6O2.C6H12.C4H4N2.6C4H10.C3H3N3.2C3H4N2.8C2H6/c1-7(2)12-10(13)8-5-3-4-6-9(8)11(12)14;1-7(2)12-9-6-4-3-5-8(9)10-11-12;1-2-4-7-6(3-1)8-5-9-7;2*1-2-4-6-5-3-1;6*1-4(2)3;1-2-5-6-3-4-1;1-2-5-3-4-1;1-2-4-5-3-1;8*1-2/h3-7H,1-2H3;3-7H,1-2H3;1-4H,5H2;1-6H2;1-4H;6*4H,1-3H3;1-3H;2*1-3H,(H,4,5);8*1-2H3. The molecule has 11 rings (SSSR count). The Morgan fingerprint density at radius 1 is 0.369 bits per heavy atom. The van der Waals surface area contributed by atoms with Gasteiger partial charge in [0.2, 0.25) is 6.79 Å². The summed E-state index contributed by atoms with van der Waals surface area (Å²) in [6.45, 7) is 79.2. The Morgan fingerprint density at radius 3 is 0.961 bits per heavy atom. The second-order valence-corrected chi connectivity index (χ2v) is 24.3. The Hall–Kier alpha value is -7.69. The first-order valence-corrected chi connectivity index (χ1v) is 39.0. The molecule has 596 valence electrons. The van der Waals surface area contributed by atoms with E-state index in [1.165, 1.54) is 55.9 Å². The average molecular weight is 1440 g/mol. The zero-order chi connectivity index (χ0) is 82.2. The largest absolute Gasteiger partial charge is 0.454 e. The van der Waals surface area contributed by atoms with Gasteiger partial charge in [-0.05, 0) is 118 Å². The number of hydrogen-bond donors (Lipinski definition) is 2. The van der Waals surface area contributed by atoms with Crippen LogP contribution < -0.4 is 9.47 Å². The van der Waals surface area contributed by atoms with E-state index in [1.807, 2.05) is 196 Å². The number of ether oxygens (including phenoxy) is 2. The number of H-pyrrole nitrogens is 2. The number of imide groups is 1. The van der Waals surface area contributed by atoms with Gasteiger partial charge in [-0.25, -0.2) is 14.6 Å². The Kier molecular flexibility index (Phi) is 114. The van der Waals surface area contributed by atoms with Gasteiger partial charge < -0.3 is 14.5 Å². The summed E-state index contributed by atoms with van der Waals surface area (Å²) < 4.78 is 12.1. The monoisotopic (exact) mass is 1440 g/mol. The summed E-state index contributed by atoms with van der Waals surface area (Å²) in [6.07, 6.45) is 25.3. The summed E-state index contributed by atoms with van der Waals surface area (Å²) in [5.74, 6) is 6.33. The zero-order valence-corrected chi connectivity index (χ0v) is 73.6. The number of hydrogen-bond acceptors (Lipinski definition) is 13. The fourth-order valence-electron chi connectivity index (χ4n) is 5.74. The van der Waals surface area contributed by atoms with Gasteiger partial charge in [-0.15, -0.1) is 10.2 Å². The Balaban J connectivity index is -0.0000000988. The van der Waals surface area contributed by atoms with Crippen LogP contribution in [0.1, 0.15) is 328 Å². The van der Waals surface area contributed by atoms with E-state index in [2.05, 4.69) is 194 Å². The molecule has 17 nitrogen and oxygen atoms in total. The van der Waals surface area contributed by atoms with Crippen molar-refractivity contribution in [3.63, 3.8) is 0 Å². The number of aromatic nitrogens is 12. The van der Waals surface area contributed by atoms with Crippen LogP contribution in [0.4, 0.5) is 0 Å². The Labute approximate surface area is 636 Å². The third kappa shape index (κ3) is 94.3. The van der Waals surface area contributed by atoms with Gasteiger partial charge in [-0.1, -0.05) is 316 Å². The Bertz CT molecular complexity index is 2400. The highest BCUT2D eigenvalue weighted by atomic mass is 16.7. The van der Waals surface area contributed by atoms with Gasteiger partial charge in [0.15, 0.2) is 11.5 Å². The summed E-state index contributed by atoms with van der Waals surface area (Å²) in [5, 5.41) is 28.3.